The first-order chi connectivity index (χ1) is 6.87. The first-order valence-corrected chi connectivity index (χ1v) is 6.87. The van der Waals surface area contributed by atoms with Gasteiger partial charge in [-0.25, -0.2) is 0 Å². The maximum Gasteiger partial charge on any atom is -0.0280 e. The molecule has 0 nitrogen and oxygen atoms in total. The van der Waals surface area contributed by atoms with E-state index in [4.69, 9.17) is 0 Å². The highest BCUT2D eigenvalue weighted by Gasteiger charge is 2.34. The van der Waals surface area contributed by atoms with Gasteiger partial charge in [0.05, 0.1) is 0 Å². The normalized spacial score (nSPS) is 12.4. The van der Waals surface area contributed by atoms with Crippen LogP contribution in [-0.2, 0) is 0 Å². The minimum atomic E-state index is 0. The van der Waals surface area contributed by atoms with E-state index in [0.29, 0.717) is 10.8 Å². The van der Waals surface area contributed by atoms with Crippen LogP contribution in [0.3, 0.4) is 0 Å². The molecular formula is C17H44. The van der Waals surface area contributed by atoms with Crippen molar-refractivity contribution in [1.29, 1.82) is 0 Å². The zero-order valence-corrected chi connectivity index (χ0v) is 13.1. The Morgan fingerprint density at radius 1 is 0.706 bits per heavy atom. The lowest BCUT2D eigenvalue weighted by Crippen LogP contribution is -2.31. The minimum absolute atomic E-state index is 0. The Hall–Kier alpha value is 0. The molecule has 0 fully saturated rings. The molecule has 0 amide bonds. The highest BCUT2D eigenvalue weighted by molar-refractivity contribution is 4.84. The van der Waals surface area contributed by atoms with E-state index in [2.05, 4.69) is 41.5 Å². The largest absolute Gasteiger partial charge is 0.0776 e. The van der Waals surface area contributed by atoms with Crippen molar-refractivity contribution in [2.24, 2.45) is 10.8 Å². The van der Waals surface area contributed by atoms with Gasteiger partial charge in [-0.15, -0.1) is 0 Å². The molecule has 0 aliphatic heterocycles. The summed E-state index contributed by atoms with van der Waals surface area (Å²) in [6, 6.07) is 0. The third-order valence-corrected chi connectivity index (χ3v) is 3.39. The standard InChI is InChI=1S/C11H24.2C2H6.2CH4/c1-7-9-11(6,8-2)10(3,4)5;2*1-2;;/h7-9H2,1-6H3;2*1-2H3;2*1H4. The number of hydrogen-bond acceptors (Lipinski definition) is 0. The fraction of sp³-hybridized carbons (Fsp3) is 1.00. The lowest BCUT2D eigenvalue weighted by Gasteiger charge is -2.41. The van der Waals surface area contributed by atoms with Crippen molar-refractivity contribution in [2.45, 2.75) is 103 Å². The van der Waals surface area contributed by atoms with E-state index < -0.39 is 0 Å². The fourth-order valence-corrected chi connectivity index (χ4v) is 1.63. The summed E-state index contributed by atoms with van der Waals surface area (Å²) in [5, 5.41) is 0. The van der Waals surface area contributed by atoms with Crippen LogP contribution in [0, 0.1) is 10.8 Å². The van der Waals surface area contributed by atoms with Gasteiger partial charge in [0.15, 0.2) is 0 Å². The molecule has 0 N–H and O–H groups in total. The highest BCUT2D eigenvalue weighted by atomic mass is 14.4. The van der Waals surface area contributed by atoms with Gasteiger partial charge >= 0.3 is 0 Å². The zero-order valence-electron chi connectivity index (χ0n) is 13.1. The molecule has 0 aromatic carbocycles. The number of hydrogen-bond donors (Lipinski definition) is 0. The topological polar surface area (TPSA) is 0 Å². The second-order valence-corrected chi connectivity index (χ2v) is 4.91. The lowest BCUT2D eigenvalue weighted by molar-refractivity contribution is 0.0901. The van der Waals surface area contributed by atoms with Gasteiger partial charge in [-0.2, -0.15) is 0 Å². The van der Waals surface area contributed by atoms with E-state index in [-0.39, 0.29) is 14.9 Å². The molecule has 112 valence electrons. The van der Waals surface area contributed by atoms with Crippen molar-refractivity contribution in [1.82, 2.24) is 0 Å². The van der Waals surface area contributed by atoms with Gasteiger partial charge in [-0.3, -0.25) is 0 Å². The van der Waals surface area contributed by atoms with Crippen LogP contribution in [0.2, 0.25) is 0 Å². The van der Waals surface area contributed by atoms with Gasteiger partial charge < -0.3 is 0 Å². The first kappa shape index (κ1) is 30.2. The Bertz CT molecular complexity index is 108. The van der Waals surface area contributed by atoms with E-state index >= 15 is 0 Å². The van der Waals surface area contributed by atoms with Gasteiger partial charge in [-0.1, -0.05) is 96.9 Å². The Labute approximate surface area is 115 Å². The summed E-state index contributed by atoms with van der Waals surface area (Å²) < 4.78 is 0. The van der Waals surface area contributed by atoms with Crippen LogP contribution >= 0.6 is 0 Å². The molecule has 0 aromatic rings. The third-order valence-electron chi connectivity index (χ3n) is 3.39. The smallest absolute Gasteiger partial charge is 0.0280 e. The van der Waals surface area contributed by atoms with E-state index in [0.717, 1.165) is 0 Å². The second-order valence-electron chi connectivity index (χ2n) is 4.91. The summed E-state index contributed by atoms with van der Waals surface area (Å²) in [5.74, 6) is 0. The molecule has 1 atom stereocenters. The summed E-state index contributed by atoms with van der Waals surface area (Å²) in [6.45, 7) is 22.1. The molecule has 0 radical (unpaired) electrons. The van der Waals surface area contributed by atoms with Crippen molar-refractivity contribution in [3.8, 4) is 0 Å². The Kier molecular flexibility index (Phi) is 28.4. The van der Waals surface area contributed by atoms with E-state index in [1.165, 1.54) is 19.3 Å². The molecule has 1 unspecified atom stereocenters. The molecular weight excluding hydrogens is 204 g/mol. The summed E-state index contributed by atoms with van der Waals surface area (Å²) in [6.07, 6.45) is 3.96. The van der Waals surface area contributed by atoms with Gasteiger partial charge in [0.1, 0.15) is 0 Å². The summed E-state index contributed by atoms with van der Waals surface area (Å²) in [7, 11) is 0. The molecule has 0 heteroatoms. The second kappa shape index (κ2) is 16.0. The molecule has 0 bridgehead atoms. The van der Waals surface area contributed by atoms with E-state index in [1.54, 1.807) is 0 Å². The molecule has 0 saturated carbocycles. The quantitative estimate of drug-likeness (QED) is 0.483. The molecule has 0 rings (SSSR count). The Balaban J connectivity index is -0.0000000720. The molecule has 0 aliphatic carbocycles. The van der Waals surface area contributed by atoms with E-state index in [1.807, 2.05) is 27.7 Å². The van der Waals surface area contributed by atoms with Crippen LogP contribution in [0.5, 0.6) is 0 Å². The van der Waals surface area contributed by atoms with Crippen LogP contribution in [0.25, 0.3) is 0 Å². The van der Waals surface area contributed by atoms with Crippen LogP contribution in [0.4, 0.5) is 0 Å². The van der Waals surface area contributed by atoms with Gasteiger partial charge in [-0.05, 0) is 17.3 Å². The zero-order chi connectivity index (χ0) is 13.1. The summed E-state index contributed by atoms with van der Waals surface area (Å²) in [4.78, 5) is 0. The molecule has 0 aromatic heterocycles. The van der Waals surface area contributed by atoms with Gasteiger partial charge in [0.2, 0.25) is 0 Å². The van der Waals surface area contributed by atoms with Crippen LogP contribution in [-0.4, -0.2) is 0 Å². The maximum atomic E-state index is 2.41. The maximum absolute atomic E-state index is 2.41. The van der Waals surface area contributed by atoms with Crippen LogP contribution in [0.15, 0.2) is 0 Å². The van der Waals surface area contributed by atoms with Crippen LogP contribution in [0.1, 0.15) is 103 Å². The Morgan fingerprint density at radius 3 is 1.06 bits per heavy atom. The summed E-state index contributed by atoms with van der Waals surface area (Å²) in [5.41, 5.74) is 0.986. The average Bonchev–Trinajstić information content (AvgIpc) is 2.22. The summed E-state index contributed by atoms with van der Waals surface area (Å²) >= 11 is 0. The lowest BCUT2D eigenvalue weighted by atomic mass is 9.64. The van der Waals surface area contributed by atoms with Crippen molar-refractivity contribution in [3.63, 3.8) is 0 Å². The molecule has 0 saturated heterocycles. The van der Waals surface area contributed by atoms with Crippen molar-refractivity contribution in [3.05, 3.63) is 0 Å². The van der Waals surface area contributed by atoms with Crippen molar-refractivity contribution in [2.75, 3.05) is 0 Å². The van der Waals surface area contributed by atoms with Gasteiger partial charge in [0, 0.05) is 0 Å². The van der Waals surface area contributed by atoms with Crippen molar-refractivity contribution >= 4 is 0 Å². The Morgan fingerprint density at radius 2 is 1.00 bits per heavy atom. The van der Waals surface area contributed by atoms with Crippen molar-refractivity contribution < 1.29 is 0 Å². The highest BCUT2D eigenvalue weighted by Crippen LogP contribution is 2.44. The molecule has 0 spiro atoms. The fourth-order valence-electron chi connectivity index (χ4n) is 1.63. The number of rotatable bonds is 3. The van der Waals surface area contributed by atoms with Crippen LogP contribution < -0.4 is 0 Å². The minimum Gasteiger partial charge on any atom is -0.0776 e. The predicted octanol–water partition coefficient (Wildman–Crippen LogP) is 7.57. The average molecular weight is 249 g/mol. The molecule has 17 heavy (non-hydrogen) atoms. The monoisotopic (exact) mass is 248 g/mol. The third kappa shape index (κ3) is 12.2. The molecule has 0 heterocycles. The predicted molar refractivity (Wildman–Crippen MR) is 88.9 cm³/mol. The molecule has 0 aliphatic rings. The first-order valence-electron chi connectivity index (χ1n) is 6.87. The van der Waals surface area contributed by atoms with Gasteiger partial charge in [0.25, 0.3) is 0 Å². The van der Waals surface area contributed by atoms with E-state index in [9.17, 15) is 0 Å². The SMILES string of the molecule is C.C.CC.CC.CCCC(C)(CC)C(C)(C)C.